The molecule has 0 fully saturated rings. The highest BCUT2D eigenvalue weighted by Crippen LogP contribution is 2.27. The van der Waals surface area contributed by atoms with E-state index >= 15 is 0 Å². The highest BCUT2D eigenvalue weighted by Gasteiger charge is 2.31. The van der Waals surface area contributed by atoms with Crippen LogP contribution in [0.15, 0.2) is 62.7 Å². The lowest BCUT2D eigenvalue weighted by atomic mass is 10.2. The number of benzene rings is 2. The zero-order valence-electron chi connectivity index (χ0n) is 16.0. The molecule has 0 radical (unpaired) electrons. The number of carbonyl (C=O) groups is 1. The van der Waals surface area contributed by atoms with E-state index in [1.807, 2.05) is 0 Å². The maximum absolute atomic E-state index is 12.4. The average molecular weight is 437 g/mol. The van der Waals surface area contributed by atoms with E-state index in [1.165, 1.54) is 43.3 Å². The highest BCUT2D eigenvalue weighted by atomic mass is 32.2. The quantitative estimate of drug-likeness (QED) is 0.746. The third-order valence-corrected chi connectivity index (χ3v) is 7.39. The molecular weight excluding hydrogens is 416 g/mol. The van der Waals surface area contributed by atoms with Crippen LogP contribution in [0.2, 0.25) is 0 Å². The Kier molecular flexibility index (Phi) is 5.48. The van der Waals surface area contributed by atoms with Gasteiger partial charge in [0, 0.05) is 32.4 Å². The summed E-state index contributed by atoms with van der Waals surface area (Å²) in [6, 6.07) is 12.3. The molecule has 1 N–H and O–H groups in total. The van der Waals surface area contributed by atoms with E-state index in [0.717, 1.165) is 4.31 Å². The number of anilines is 1. The van der Waals surface area contributed by atoms with Crippen LogP contribution in [-0.2, 0) is 24.8 Å². The summed E-state index contributed by atoms with van der Waals surface area (Å²) >= 11 is 0. The fourth-order valence-electron chi connectivity index (χ4n) is 2.80. The number of hydrogen-bond acceptors (Lipinski definition) is 6. The molecule has 29 heavy (non-hydrogen) atoms. The van der Waals surface area contributed by atoms with Crippen molar-refractivity contribution in [3.05, 3.63) is 54.1 Å². The summed E-state index contributed by atoms with van der Waals surface area (Å²) < 4.78 is 53.6. The van der Waals surface area contributed by atoms with Gasteiger partial charge in [0.05, 0.1) is 11.4 Å². The highest BCUT2D eigenvalue weighted by molar-refractivity contribution is 7.90. The van der Waals surface area contributed by atoms with E-state index in [4.69, 9.17) is 0 Å². The van der Waals surface area contributed by atoms with E-state index < -0.39 is 26.0 Å². The van der Waals surface area contributed by atoms with Gasteiger partial charge in [-0.2, -0.15) is 8.42 Å². The Balaban J connectivity index is 1.76. The molecule has 0 saturated heterocycles. The SMILES string of the molecule is CN(CC(=O)Nc1cccc(S(=O)(=O)N(C)C)c1)C1=NS(=O)(=O)c2ccccc21. The van der Waals surface area contributed by atoms with Crippen LogP contribution in [0.4, 0.5) is 5.69 Å². The molecule has 2 aromatic rings. The van der Waals surface area contributed by atoms with Crippen molar-refractivity contribution in [2.45, 2.75) is 9.79 Å². The second-order valence-electron chi connectivity index (χ2n) is 6.61. The lowest BCUT2D eigenvalue weighted by Crippen LogP contribution is -2.34. The molecule has 9 nitrogen and oxygen atoms in total. The molecule has 0 unspecified atom stereocenters. The van der Waals surface area contributed by atoms with Gasteiger partial charge in [0.15, 0.2) is 5.84 Å². The third kappa shape index (κ3) is 4.16. The number of nitrogens with zero attached hydrogens (tertiary/aromatic N) is 3. The van der Waals surface area contributed by atoms with Gasteiger partial charge in [0.1, 0.15) is 4.90 Å². The first-order valence-electron chi connectivity index (χ1n) is 8.50. The lowest BCUT2D eigenvalue weighted by molar-refractivity contribution is -0.116. The average Bonchev–Trinajstić information content (AvgIpc) is 2.93. The molecule has 154 valence electrons. The van der Waals surface area contributed by atoms with Gasteiger partial charge in [0.2, 0.25) is 15.9 Å². The van der Waals surface area contributed by atoms with Gasteiger partial charge in [-0.1, -0.05) is 18.2 Å². The first-order chi connectivity index (χ1) is 13.5. The van der Waals surface area contributed by atoms with Gasteiger partial charge in [-0.15, -0.1) is 4.40 Å². The van der Waals surface area contributed by atoms with E-state index in [1.54, 1.807) is 31.3 Å². The number of fused-ring (bicyclic) bond motifs is 1. The van der Waals surface area contributed by atoms with Gasteiger partial charge in [-0.3, -0.25) is 4.79 Å². The van der Waals surface area contributed by atoms with Crippen LogP contribution in [0.5, 0.6) is 0 Å². The lowest BCUT2D eigenvalue weighted by Gasteiger charge is -2.18. The Morgan fingerprint density at radius 2 is 1.76 bits per heavy atom. The molecule has 2 aromatic carbocycles. The molecule has 0 spiro atoms. The van der Waals surface area contributed by atoms with Crippen LogP contribution in [0, 0.1) is 0 Å². The first-order valence-corrected chi connectivity index (χ1v) is 11.4. The number of amides is 1. The monoisotopic (exact) mass is 436 g/mol. The molecule has 0 atom stereocenters. The minimum atomic E-state index is -3.78. The predicted molar refractivity (Wildman–Crippen MR) is 109 cm³/mol. The number of hydrogen-bond donors (Lipinski definition) is 1. The van der Waals surface area contributed by atoms with Crippen molar-refractivity contribution < 1.29 is 21.6 Å². The predicted octanol–water partition coefficient (Wildman–Crippen LogP) is 0.956. The van der Waals surface area contributed by atoms with Crippen LogP contribution in [0.3, 0.4) is 0 Å². The van der Waals surface area contributed by atoms with Gasteiger partial charge >= 0.3 is 0 Å². The second-order valence-corrected chi connectivity index (χ2v) is 10.3. The molecule has 3 rings (SSSR count). The first kappa shape index (κ1) is 21.0. The van der Waals surface area contributed by atoms with Gasteiger partial charge < -0.3 is 10.2 Å². The van der Waals surface area contributed by atoms with Crippen LogP contribution in [0.1, 0.15) is 5.56 Å². The van der Waals surface area contributed by atoms with Crippen molar-refractivity contribution in [3.63, 3.8) is 0 Å². The van der Waals surface area contributed by atoms with E-state index in [9.17, 15) is 21.6 Å². The molecule has 1 heterocycles. The maximum atomic E-state index is 12.4. The topological polar surface area (TPSA) is 116 Å². The number of likely N-dealkylation sites (N-methyl/N-ethyl adjacent to an activating group) is 1. The summed E-state index contributed by atoms with van der Waals surface area (Å²) in [6.45, 7) is -0.173. The van der Waals surface area contributed by atoms with Crippen molar-refractivity contribution in [2.24, 2.45) is 4.40 Å². The van der Waals surface area contributed by atoms with Gasteiger partial charge in [-0.25, -0.2) is 12.7 Å². The fraction of sp³-hybridized carbons (Fsp3) is 0.222. The molecule has 1 amide bonds. The minimum Gasteiger partial charge on any atom is -0.349 e. The van der Waals surface area contributed by atoms with Crippen molar-refractivity contribution in [1.82, 2.24) is 9.21 Å². The summed E-state index contributed by atoms with van der Waals surface area (Å²) in [7, 11) is -3.01. The molecule has 0 saturated carbocycles. The Morgan fingerprint density at radius 3 is 2.45 bits per heavy atom. The van der Waals surface area contributed by atoms with Crippen LogP contribution < -0.4 is 5.32 Å². The molecule has 0 bridgehead atoms. The van der Waals surface area contributed by atoms with Crippen molar-refractivity contribution in [2.75, 3.05) is 33.0 Å². The fourth-order valence-corrected chi connectivity index (χ4v) is 5.00. The largest absolute Gasteiger partial charge is 0.349 e. The molecular formula is C18H20N4O5S2. The molecule has 11 heteroatoms. The Morgan fingerprint density at radius 1 is 1.07 bits per heavy atom. The van der Waals surface area contributed by atoms with Crippen molar-refractivity contribution >= 4 is 37.5 Å². The second kappa shape index (κ2) is 7.58. The number of carbonyl (C=O) groups excluding carboxylic acids is 1. The van der Waals surface area contributed by atoms with Crippen molar-refractivity contribution in [3.8, 4) is 0 Å². The maximum Gasteiger partial charge on any atom is 0.285 e. The smallest absolute Gasteiger partial charge is 0.285 e. The number of nitrogens with one attached hydrogen (secondary N) is 1. The van der Waals surface area contributed by atoms with Crippen molar-refractivity contribution in [1.29, 1.82) is 0 Å². The van der Waals surface area contributed by atoms with E-state index in [0.29, 0.717) is 11.3 Å². The molecule has 1 aliphatic heterocycles. The standard InChI is InChI=1S/C18H20N4O5S2/c1-21(2)29(26,27)14-8-6-7-13(11-14)19-17(23)12-22(3)18-15-9-4-5-10-16(15)28(24,25)20-18/h4-11H,12H2,1-3H3,(H,19,23). The van der Waals surface area contributed by atoms with Gasteiger partial charge in [-0.05, 0) is 30.3 Å². The number of sulfonamides is 2. The summed E-state index contributed by atoms with van der Waals surface area (Å²) in [6.07, 6.45) is 0. The zero-order chi connectivity index (χ0) is 21.4. The minimum absolute atomic E-state index is 0.0499. The summed E-state index contributed by atoms with van der Waals surface area (Å²) in [4.78, 5) is 14.0. The molecule has 0 aromatic heterocycles. The van der Waals surface area contributed by atoms with E-state index in [-0.39, 0.29) is 22.2 Å². The van der Waals surface area contributed by atoms with Crippen LogP contribution in [0.25, 0.3) is 0 Å². The Hall–Kier alpha value is -2.76. The summed E-state index contributed by atoms with van der Waals surface area (Å²) in [5.41, 5.74) is 0.745. The van der Waals surface area contributed by atoms with Crippen LogP contribution >= 0.6 is 0 Å². The van der Waals surface area contributed by atoms with Gasteiger partial charge in [0.25, 0.3) is 10.0 Å². The van der Waals surface area contributed by atoms with Crippen LogP contribution in [-0.4, -0.2) is 65.5 Å². The normalized spacial score (nSPS) is 15.0. The third-order valence-electron chi connectivity index (χ3n) is 4.25. The molecule has 0 aliphatic carbocycles. The van der Waals surface area contributed by atoms with E-state index in [2.05, 4.69) is 9.71 Å². The Labute approximate surface area is 169 Å². The summed E-state index contributed by atoms with van der Waals surface area (Å²) in [5.74, 6) is -0.268. The summed E-state index contributed by atoms with van der Waals surface area (Å²) in [5, 5.41) is 2.62. The molecule has 1 aliphatic rings. The number of amidine groups is 1. The zero-order valence-corrected chi connectivity index (χ0v) is 17.7. The Bertz CT molecular complexity index is 1200. The number of rotatable bonds is 5.